The largest absolute Gasteiger partial charge is 0.369 e. The SMILES string of the molecule is Cc1ccc(C)c(CNC(=O)[C@@H]2CCCN(c3cn[nH]c(=O)c3)C2)c1. The van der Waals surface area contributed by atoms with Crippen LogP contribution in [0.5, 0.6) is 0 Å². The Balaban J connectivity index is 1.62. The van der Waals surface area contributed by atoms with Crippen molar-refractivity contribution in [2.45, 2.75) is 33.2 Å². The van der Waals surface area contributed by atoms with E-state index in [4.69, 9.17) is 0 Å². The molecule has 3 rings (SSSR count). The highest BCUT2D eigenvalue weighted by Crippen LogP contribution is 2.22. The van der Waals surface area contributed by atoms with Gasteiger partial charge < -0.3 is 10.2 Å². The van der Waals surface area contributed by atoms with Gasteiger partial charge in [-0.25, -0.2) is 5.10 Å². The lowest BCUT2D eigenvalue weighted by Crippen LogP contribution is -2.43. The summed E-state index contributed by atoms with van der Waals surface area (Å²) in [6.07, 6.45) is 3.43. The van der Waals surface area contributed by atoms with E-state index in [1.54, 1.807) is 6.20 Å². The molecule has 0 bridgehead atoms. The monoisotopic (exact) mass is 340 g/mol. The fourth-order valence-electron chi connectivity index (χ4n) is 3.28. The Labute approximate surface area is 147 Å². The summed E-state index contributed by atoms with van der Waals surface area (Å²) in [6.45, 7) is 6.12. The van der Waals surface area contributed by atoms with Gasteiger partial charge in [-0.05, 0) is 37.8 Å². The molecule has 1 aliphatic rings. The van der Waals surface area contributed by atoms with Crippen LogP contribution in [0, 0.1) is 19.8 Å². The number of nitrogens with one attached hydrogen (secondary N) is 2. The number of aromatic amines is 1. The molecule has 1 atom stereocenters. The molecular formula is C19H24N4O2. The lowest BCUT2D eigenvalue weighted by molar-refractivity contribution is -0.125. The molecule has 1 aromatic carbocycles. The van der Waals surface area contributed by atoms with Gasteiger partial charge in [0, 0.05) is 25.7 Å². The van der Waals surface area contributed by atoms with Crippen LogP contribution in [0.3, 0.4) is 0 Å². The third kappa shape index (κ3) is 4.26. The molecule has 1 amide bonds. The molecular weight excluding hydrogens is 316 g/mol. The number of hydrogen-bond donors (Lipinski definition) is 2. The van der Waals surface area contributed by atoms with Crippen molar-refractivity contribution in [2.75, 3.05) is 18.0 Å². The van der Waals surface area contributed by atoms with Crippen molar-refractivity contribution in [1.29, 1.82) is 0 Å². The Bertz CT molecular complexity index is 815. The molecule has 1 saturated heterocycles. The lowest BCUT2D eigenvalue weighted by Gasteiger charge is -2.33. The minimum atomic E-state index is -0.223. The Morgan fingerprint density at radius 1 is 1.36 bits per heavy atom. The van der Waals surface area contributed by atoms with E-state index in [1.807, 2.05) is 0 Å². The molecule has 2 N–H and O–H groups in total. The van der Waals surface area contributed by atoms with Crippen LogP contribution in [0.15, 0.2) is 35.3 Å². The van der Waals surface area contributed by atoms with Crippen LogP contribution in [0.25, 0.3) is 0 Å². The van der Waals surface area contributed by atoms with Gasteiger partial charge in [-0.15, -0.1) is 0 Å². The Hall–Kier alpha value is -2.63. The highest BCUT2D eigenvalue weighted by Gasteiger charge is 2.26. The molecule has 2 heterocycles. The van der Waals surface area contributed by atoms with Crippen molar-refractivity contribution >= 4 is 11.6 Å². The summed E-state index contributed by atoms with van der Waals surface area (Å²) in [4.78, 5) is 26.1. The number of H-pyrrole nitrogens is 1. The zero-order chi connectivity index (χ0) is 17.8. The van der Waals surface area contributed by atoms with Crippen molar-refractivity contribution in [3.8, 4) is 0 Å². The molecule has 0 unspecified atom stereocenters. The average Bonchev–Trinajstić information content (AvgIpc) is 2.62. The highest BCUT2D eigenvalue weighted by atomic mass is 16.2. The number of rotatable bonds is 4. The fourth-order valence-corrected chi connectivity index (χ4v) is 3.28. The zero-order valence-electron chi connectivity index (χ0n) is 14.7. The van der Waals surface area contributed by atoms with Gasteiger partial charge in [0.25, 0.3) is 5.56 Å². The molecule has 6 nitrogen and oxygen atoms in total. The second-order valence-corrected chi connectivity index (χ2v) is 6.74. The van der Waals surface area contributed by atoms with E-state index in [-0.39, 0.29) is 17.4 Å². The minimum Gasteiger partial charge on any atom is -0.369 e. The predicted octanol–water partition coefficient (Wildman–Crippen LogP) is 1.92. The van der Waals surface area contributed by atoms with E-state index in [0.717, 1.165) is 30.6 Å². The second kappa shape index (κ2) is 7.51. The number of carbonyl (C=O) groups excluding carboxylic acids is 1. The number of aromatic nitrogens is 2. The average molecular weight is 340 g/mol. The van der Waals surface area contributed by atoms with E-state index >= 15 is 0 Å². The van der Waals surface area contributed by atoms with Gasteiger partial charge in [-0.2, -0.15) is 5.10 Å². The second-order valence-electron chi connectivity index (χ2n) is 6.74. The Kier molecular flexibility index (Phi) is 5.16. The van der Waals surface area contributed by atoms with Crippen molar-refractivity contribution in [3.63, 3.8) is 0 Å². The summed E-state index contributed by atoms with van der Waals surface area (Å²) in [7, 11) is 0. The molecule has 0 radical (unpaired) electrons. The third-order valence-electron chi connectivity index (χ3n) is 4.77. The summed E-state index contributed by atoms with van der Waals surface area (Å²) in [5.74, 6) is 0.00144. The number of aryl methyl sites for hydroxylation is 2. The van der Waals surface area contributed by atoms with Crippen molar-refractivity contribution in [1.82, 2.24) is 15.5 Å². The number of amides is 1. The molecule has 0 saturated carbocycles. The number of hydrogen-bond acceptors (Lipinski definition) is 4. The quantitative estimate of drug-likeness (QED) is 0.891. The van der Waals surface area contributed by atoms with E-state index < -0.39 is 0 Å². The van der Waals surface area contributed by atoms with Crippen LogP contribution in [0.1, 0.15) is 29.5 Å². The van der Waals surface area contributed by atoms with Crippen LogP contribution < -0.4 is 15.8 Å². The predicted molar refractivity (Wildman–Crippen MR) is 97.6 cm³/mol. The molecule has 0 aliphatic carbocycles. The smallest absolute Gasteiger partial charge is 0.266 e. The van der Waals surface area contributed by atoms with Gasteiger partial charge in [-0.3, -0.25) is 9.59 Å². The number of nitrogens with zero attached hydrogens (tertiary/aromatic N) is 2. The van der Waals surface area contributed by atoms with Gasteiger partial charge in [0.05, 0.1) is 17.8 Å². The molecule has 132 valence electrons. The Morgan fingerprint density at radius 2 is 2.20 bits per heavy atom. The summed E-state index contributed by atoms with van der Waals surface area (Å²) < 4.78 is 0. The van der Waals surface area contributed by atoms with Crippen molar-refractivity contribution in [3.05, 3.63) is 57.5 Å². The van der Waals surface area contributed by atoms with Gasteiger partial charge >= 0.3 is 0 Å². The van der Waals surface area contributed by atoms with Crippen LogP contribution in [0.2, 0.25) is 0 Å². The van der Waals surface area contributed by atoms with E-state index in [2.05, 4.69) is 52.5 Å². The van der Waals surface area contributed by atoms with Crippen molar-refractivity contribution in [2.24, 2.45) is 5.92 Å². The van der Waals surface area contributed by atoms with Gasteiger partial charge in [0.1, 0.15) is 0 Å². The molecule has 25 heavy (non-hydrogen) atoms. The standard InChI is InChI=1S/C19H24N4O2/c1-13-5-6-14(2)16(8-13)10-20-19(25)15-4-3-7-23(12-15)17-9-18(24)22-21-11-17/h5-6,8-9,11,15H,3-4,7,10,12H2,1-2H3,(H,20,25)(H,22,24)/t15-/m1/s1. The number of piperidine rings is 1. The molecule has 1 fully saturated rings. The lowest BCUT2D eigenvalue weighted by atomic mass is 9.96. The number of anilines is 1. The van der Waals surface area contributed by atoms with E-state index in [0.29, 0.717) is 13.1 Å². The van der Waals surface area contributed by atoms with Crippen LogP contribution in [0.4, 0.5) is 5.69 Å². The highest BCUT2D eigenvalue weighted by molar-refractivity contribution is 5.79. The third-order valence-corrected chi connectivity index (χ3v) is 4.77. The van der Waals surface area contributed by atoms with E-state index in [1.165, 1.54) is 17.2 Å². The maximum atomic E-state index is 12.6. The van der Waals surface area contributed by atoms with Gasteiger partial charge in [0.15, 0.2) is 0 Å². The molecule has 6 heteroatoms. The van der Waals surface area contributed by atoms with Crippen LogP contribution in [-0.4, -0.2) is 29.2 Å². The normalized spacial score (nSPS) is 17.4. The molecule has 1 aromatic heterocycles. The first kappa shape index (κ1) is 17.2. The number of benzene rings is 1. The first-order valence-corrected chi connectivity index (χ1v) is 8.66. The van der Waals surface area contributed by atoms with Crippen LogP contribution >= 0.6 is 0 Å². The molecule has 2 aromatic rings. The summed E-state index contributed by atoms with van der Waals surface area (Å²) >= 11 is 0. The van der Waals surface area contributed by atoms with Gasteiger partial charge in [0.2, 0.25) is 5.91 Å². The molecule has 1 aliphatic heterocycles. The first-order valence-electron chi connectivity index (χ1n) is 8.66. The maximum absolute atomic E-state index is 12.6. The van der Waals surface area contributed by atoms with Crippen molar-refractivity contribution < 1.29 is 4.79 Å². The topological polar surface area (TPSA) is 78.1 Å². The van der Waals surface area contributed by atoms with Crippen LogP contribution in [-0.2, 0) is 11.3 Å². The Morgan fingerprint density at radius 3 is 3.00 bits per heavy atom. The summed E-state index contributed by atoms with van der Waals surface area (Å²) in [6, 6.07) is 7.81. The van der Waals surface area contributed by atoms with Gasteiger partial charge in [-0.1, -0.05) is 23.8 Å². The first-order chi connectivity index (χ1) is 12.0. The minimum absolute atomic E-state index is 0.0712. The van der Waals surface area contributed by atoms with E-state index in [9.17, 15) is 9.59 Å². The summed E-state index contributed by atoms with van der Waals surface area (Å²) in [5.41, 5.74) is 4.08. The maximum Gasteiger partial charge on any atom is 0.266 e. The fraction of sp³-hybridized carbons (Fsp3) is 0.421. The summed E-state index contributed by atoms with van der Waals surface area (Å²) in [5, 5.41) is 9.30. The zero-order valence-corrected chi connectivity index (χ0v) is 14.7. The molecule has 0 spiro atoms. The number of carbonyl (C=O) groups is 1.